The maximum absolute atomic E-state index is 13.1. The Labute approximate surface area is 241 Å². The minimum Gasteiger partial charge on any atom is -0.368 e. The molecule has 2 aromatic carbocycles. The van der Waals surface area contributed by atoms with Crippen LogP contribution >= 0.6 is 11.6 Å². The Morgan fingerprint density at radius 3 is 2.38 bits per heavy atom. The summed E-state index contributed by atoms with van der Waals surface area (Å²) >= 11 is 6.45. The van der Waals surface area contributed by atoms with E-state index in [0.717, 1.165) is 81.0 Å². The maximum atomic E-state index is 13.1. The number of rotatable bonds is 2. The molecule has 2 aliphatic heterocycles. The molecule has 7 rings (SSSR count). The Hall–Kier alpha value is -3.30. The molecule has 0 bridgehead atoms. The Bertz CT molecular complexity index is 1500. The average molecular weight is 557 g/mol. The predicted molar refractivity (Wildman–Crippen MR) is 161 cm³/mol. The lowest BCUT2D eigenvalue weighted by molar-refractivity contribution is -0.118. The number of hydrogen-bond acceptors (Lipinski definition) is 4. The highest BCUT2D eigenvalue weighted by Gasteiger charge is 2.46. The van der Waals surface area contributed by atoms with Gasteiger partial charge < -0.3 is 9.80 Å². The van der Waals surface area contributed by atoms with Crippen LogP contribution in [0.1, 0.15) is 75.6 Å². The molecule has 3 fully saturated rings. The van der Waals surface area contributed by atoms with Gasteiger partial charge in [0.2, 0.25) is 6.41 Å². The summed E-state index contributed by atoms with van der Waals surface area (Å²) in [7, 11) is 0. The topological polar surface area (TPSA) is 58.4 Å². The van der Waals surface area contributed by atoms with Crippen LogP contribution in [0.3, 0.4) is 0 Å². The minimum atomic E-state index is -0.236. The standard InChI is InChI=1S/C25H25ClN4O2.C8H12/c26-19-5-4-6-20-22(19)23(32)27-24-25(9-2-1-3-10-25)18-8-7-17(15-21(18)30(20)24)29-13-11-28(16-31)12-14-29;1-2-8-6-4-3-5-7-8/h4-8,15-16H,1-3,9-14H2;1,8H,3-7H2. The van der Waals surface area contributed by atoms with E-state index < -0.39 is 0 Å². The highest BCUT2D eigenvalue weighted by molar-refractivity contribution is 6.35. The van der Waals surface area contributed by atoms with Crippen molar-refractivity contribution in [3.05, 3.63) is 63.2 Å². The summed E-state index contributed by atoms with van der Waals surface area (Å²) in [4.78, 5) is 33.0. The normalized spacial score (nSPS) is 19.9. The van der Waals surface area contributed by atoms with Crippen molar-refractivity contribution in [2.24, 2.45) is 5.92 Å². The Morgan fingerprint density at radius 2 is 1.70 bits per heavy atom. The van der Waals surface area contributed by atoms with Crippen molar-refractivity contribution in [3.63, 3.8) is 0 Å². The third kappa shape index (κ3) is 4.69. The monoisotopic (exact) mass is 556 g/mol. The number of aromatic nitrogens is 2. The molecule has 4 aliphatic rings. The van der Waals surface area contributed by atoms with E-state index in [4.69, 9.17) is 18.0 Å². The Balaban J connectivity index is 0.000000313. The number of carbonyl (C=O) groups is 1. The molecule has 1 spiro atoms. The van der Waals surface area contributed by atoms with Gasteiger partial charge in [0.15, 0.2) is 0 Å². The molecule has 0 N–H and O–H groups in total. The number of benzene rings is 2. The molecule has 7 heteroatoms. The molecular formula is C33H37ClN4O2. The fourth-order valence-corrected chi connectivity index (χ4v) is 7.47. The van der Waals surface area contributed by atoms with Crippen molar-refractivity contribution in [2.45, 2.75) is 69.6 Å². The van der Waals surface area contributed by atoms with Crippen LogP contribution in [0.2, 0.25) is 5.02 Å². The van der Waals surface area contributed by atoms with Gasteiger partial charge in [-0.25, -0.2) is 0 Å². The number of hydrogen-bond donors (Lipinski definition) is 0. The second-order valence-electron chi connectivity index (χ2n) is 11.7. The molecule has 2 saturated carbocycles. The SMILES string of the molecule is C#CC1CCCCC1.O=CN1CCN(c2ccc3c(c2)-n2c(nc(=O)c4c(Cl)cccc42)C32CCCCC2)CC1. The fourth-order valence-electron chi connectivity index (χ4n) is 7.22. The first-order valence-electron chi connectivity index (χ1n) is 14.8. The first-order chi connectivity index (χ1) is 19.6. The van der Waals surface area contributed by atoms with Gasteiger partial charge >= 0.3 is 0 Å². The van der Waals surface area contributed by atoms with Gasteiger partial charge in [-0.3, -0.25) is 14.2 Å². The first-order valence-corrected chi connectivity index (χ1v) is 15.2. The third-order valence-electron chi connectivity index (χ3n) is 9.41. The van der Waals surface area contributed by atoms with Gasteiger partial charge in [-0.05, 0) is 55.5 Å². The molecule has 3 heterocycles. The van der Waals surface area contributed by atoms with Gasteiger partial charge in [0.05, 0.1) is 27.0 Å². The van der Waals surface area contributed by atoms with E-state index in [0.29, 0.717) is 16.3 Å². The molecule has 1 aromatic heterocycles. The molecule has 2 aliphatic carbocycles. The van der Waals surface area contributed by atoms with Crippen molar-refractivity contribution in [1.29, 1.82) is 0 Å². The van der Waals surface area contributed by atoms with E-state index in [2.05, 4.69) is 38.6 Å². The van der Waals surface area contributed by atoms with Crippen molar-refractivity contribution < 1.29 is 4.79 Å². The van der Waals surface area contributed by atoms with Gasteiger partial charge in [-0.1, -0.05) is 62.3 Å². The van der Waals surface area contributed by atoms with Gasteiger partial charge in [0, 0.05) is 37.8 Å². The quantitative estimate of drug-likeness (QED) is 0.283. The average Bonchev–Trinajstić information content (AvgIpc) is 3.26. The highest BCUT2D eigenvalue weighted by Crippen LogP contribution is 2.52. The van der Waals surface area contributed by atoms with Crippen LogP contribution in [0.15, 0.2) is 41.2 Å². The molecule has 1 saturated heterocycles. The maximum Gasteiger partial charge on any atom is 0.282 e. The van der Waals surface area contributed by atoms with E-state index in [-0.39, 0.29) is 11.0 Å². The zero-order chi connectivity index (χ0) is 27.7. The first kappa shape index (κ1) is 26.9. The van der Waals surface area contributed by atoms with E-state index >= 15 is 0 Å². The van der Waals surface area contributed by atoms with Gasteiger partial charge in [-0.15, -0.1) is 12.3 Å². The smallest absolute Gasteiger partial charge is 0.282 e. The summed E-state index contributed by atoms with van der Waals surface area (Å²) in [5.41, 5.74) is 3.91. The largest absolute Gasteiger partial charge is 0.368 e. The summed E-state index contributed by atoms with van der Waals surface area (Å²) in [6.07, 6.45) is 18.4. The molecule has 1 amide bonds. The van der Waals surface area contributed by atoms with Crippen LogP contribution < -0.4 is 10.5 Å². The summed E-state index contributed by atoms with van der Waals surface area (Å²) in [5.74, 6) is 4.29. The second-order valence-corrected chi connectivity index (χ2v) is 12.1. The van der Waals surface area contributed by atoms with Gasteiger partial charge in [0.1, 0.15) is 5.82 Å². The van der Waals surface area contributed by atoms with Crippen LogP contribution in [0.25, 0.3) is 16.6 Å². The number of fused-ring (bicyclic) bond motifs is 7. The predicted octanol–water partition coefficient (Wildman–Crippen LogP) is 6.08. The van der Waals surface area contributed by atoms with E-state index in [1.165, 1.54) is 44.1 Å². The van der Waals surface area contributed by atoms with Crippen molar-refractivity contribution >= 4 is 34.6 Å². The molecule has 0 unspecified atom stereocenters. The molecule has 3 aromatic rings. The summed E-state index contributed by atoms with van der Waals surface area (Å²) in [6, 6.07) is 12.3. The van der Waals surface area contributed by atoms with E-state index in [1.807, 2.05) is 17.0 Å². The van der Waals surface area contributed by atoms with Crippen molar-refractivity contribution in [3.8, 4) is 18.0 Å². The second kappa shape index (κ2) is 11.3. The van der Waals surface area contributed by atoms with Crippen LogP contribution in [0, 0.1) is 18.3 Å². The summed E-state index contributed by atoms with van der Waals surface area (Å²) in [6.45, 7) is 3.08. The number of carbonyl (C=O) groups excluding carboxylic acids is 1. The van der Waals surface area contributed by atoms with Crippen molar-refractivity contribution in [1.82, 2.24) is 14.5 Å². The number of nitrogens with zero attached hydrogens (tertiary/aromatic N) is 4. The number of terminal acetylenes is 1. The lowest BCUT2D eigenvalue weighted by Gasteiger charge is -2.35. The zero-order valence-corrected chi connectivity index (χ0v) is 23.8. The van der Waals surface area contributed by atoms with Gasteiger partial charge in [0.25, 0.3) is 5.56 Å². The highest BCUT2D eigenvalue weighted by atomic mass is 35.5. The number of anilines is 1. The third-order valence-corrected chi connectivity index (χ3v) is 9.72. The van der Waals surface area contributed by atoms with Crippen molar-refractivity contribution in [2.75, 3.05) is 31.1 Å². The molecule has 6 nitrogen and oxygen atoms in total. The number of halogens is 1. The lowest BCUT2D eigenvalue weighted by Crippen LogP contribution is -2.45. The molecule has 0 atom stereocenters. The molecule has 0 radical (unpaired) electrons. The Kier molecular flexibility index (Phi) is 7.59. The number of amides is 1. The van der Waals surface area contributed by atoms with E-state index in [1.54, 1.807) is 6.07 Å². The van der Waals surface area contributed by atoms with Gasteiger partial charge in [-0.2, -0.15) is 4.98 Å². The fraction of sp³-hybridized carbons (Fsp3) is 0.485. The molecule has 208 valence electrons. The zero-order valence-electron chi connectivity index (χ0n) is 23.1. The van der Waals surface area contributed by atoms with E-state index in [9.17, 15) is 9.59 Å². The molecule has 40 heavy (non-hydrogen) atoms. The summed E-state index contributed by atoms with van der Waals surface area (Å²) in [5, 5.41) is 0.935. The summed E-state index contributed by atoms with van der Waals surface area (Å²) < 4.78 is 2.19. The van der Waals surface area contributed by atoms with Crippen LogP contribution in [0.4, 0.5) is 5.69 Å². The van der Waals surface area contributed by atoms with Crippen LogP contribution in [0.5, 0.6) is 0 Å². The minimum absolute atomic E-state index is 0.210. The number of piperazine rings is 1. The lowest BCUT2D eigenvalue weighted by atomic mass is 9.70. The van der Waals surface area contributed by atoms with Crippen LogP contribution in [-0.2, 0) is 10.2 Å². The molecular weight excluding hydrogens is 520 g/mol. The van der Waals surface area contributed by atoms with Crippen LogP contribution in [-0.4, -0.2) is 47.0 Å². The Morgan fingerprint density at radius 1 is 0.975 bits per heavy atom.